The van der Waals surface area contributed by atoms with Gasteiger partial charge in [0.1, 0.15) is 24.2 Å². The number of carboxylic acid groups (broad SMARTS) is 1. The highest BCUT2D eigenvalue weighted by Crippen LogP contribution is 2.23. The Hall–Kier alpha value is -3.48. The molecule has 2 fully saturated rings. The van der Waals surface area contributed by atoms with Crippen molar-refractivity contribution in [1.29, 1.82) is 0 Å². The molecule has 1 aromatic heterocycles. The summed E-state index contributed by atoms with van der Waals surface area (Å²) in [6, 6.07) is -4.36. The average Bonchev–Trinajstić information content (AvgIpc) is 3.68. The zero-order valence-corrected chi connectivity index (χ0v) is 24.5. The summed E-state index contributed by atoms with van der Waals surface area (Å²) in [4.78, 5) is 74.9. The van der Waals surface area contributed by atoms with Crippen molar-refractivity contribution in [1.82, 2.24) is 30.4 Å². The van der Waals surface area contributed by atoms with Gasteiger partial charge in [0, 0.05) is 31.4 Å². The highest BCUT2D eigenvalue weighted by Gasteiger charge is 2.41. The van der Waals surface area contributed by atoms with Gasteiger partial charge in [-0.3, -0.25) is 19.2 Å². The van der Waals surface area contributed by atoms with E-state index in [1.54, 1.807) is 6.20 Å². The average molecular weight is 576 g/mol. The molecule has 0 unspecified atom stereocenters. The predicted octanol–water partition coefficient (Wildman–Crippen LogP) is 0.408. The van der Waals surface area contributed by atoms with E-state index in [-0.39, 0.29) is 24.2 Å². The van der Waals surface area contributed by atoms with Gasteiger partial charge in [-0.25, -0.2) is 9.78 Å². The van der Waals surface area contributed by atoms with Gasteiger partial charge in [0.05, 0.1) is 12.4 Å². The van der Waals surface area contributed by atoms with Crippen molar-refractivity contribution in [2.24, 2.45) is 17.6 Å². The van der Waals surface area contributed by atoms with Gasteiger partial charge in [-0.2, -0.15) is 0 Å². The van der Waals surface area contributed by atoms with E-state index in [0.717, 1.165) is 0 Å². The number of rotatable bonds is 13. The van der Waals surface area contributed by atoms with Crippen LogP contribution < -0.4 is 16.4 Å². The largest absolute Gasteiger partial charge is 0.480 e. The maximum absolute atomic E-state index is 13.7. The number of amides is 4. The van der Waals surface area contributed by atoms with E-state index in [9.17, 15) is 29.1 Å². The van der Waals surface area contributed by atoms with Crippen LogP contribution >= 0.6 is 0 Å². The summed E-state index contributed by atoms with van der Waals surface area (Å²) < 4.78 is 0. The van der Waals surface area contributed by atoms with Gasteiger partial charge in [-0.15, -0.1) is 0 Å². The second-order valence-electron chi connectivity index (χ2n) is 12.0. The maximum Gasteiger partial charge on any atom is 0.326 e. The van der Waals surface area contributed by atoms with Crippen molar-refractivity contribution in [3.05, 3.63) is 18.2 Å². The molecule has 228 valence electrons. The first-order valence-electron chi connectivity index (χ1n) is 14.6. The number of likely N-dealkylation sites (tertiary alicyclic amines) is 2. The number of hydrogen-bond donors (Lipinski definition) is 5. The number of carbonyl (C=O) groups is 5. The second kappa shape index (κ2) is 14.4. The van der Waals surface area contributed by atoms with E-state index >= 15 is 0 Å². The molecule has 0 bridgehead atoms. The van der Waals surface area contributed by atoms with Gasteiger partial charge < -0.3 is 36.3 Å². The lowest BCUT2D eigenvalue weighted by atomic mass is 10.0. The Labute approximate surface area is 241 Å². The fourth-order valence-corrected chi connectivity index (χ4v) is 5.65. The number of nitrogens with two attached hydrogens (primary N) is 1. The predicted molar refractivity (Wildman–Crippen MR) is 150 cm³/mol. The third kappa shape index (κ3) is 8.51. The van der Waals surface area contributed by atoms with Crippen LogP contribution in [0.4, 0.5) is 0 Å². The quantitative estimate of drug-likeness (QED) is 0.223. The lowest BCUT2D eigenvalue weighted by Gasteiger charge is -2.32. The minimum atomic E-state index is -1.06. The number of aliphatic carboxylic acids is 1. The second-order valence-corrected chi connectivity index (χ2v) is 12.0. The molecule has 2 aliphatic rings. The Morgan fingerprint density at radius 3 is 2.00 bits per heavy atom. The van der Waals surface area contributed by atoms with Gasteiger partial charge >= 0.3 is 5.97 Å². The van der Waals surface area contributed by atoms with E-state index in [1.807, 2.05) is 27.7 Å². The van der Waals surface area contributed by atoms with Crippen LogP contribution in [0.1, 0.15) is 71.9 Å². The molecule has 13 heteroatoms. The van der Waals surface area contributed by atoms with Crippen LogP contribution in [0.5, 0.6) is 0 Å². The Morgan fingerprint density at radius 1 is 0.951 bits per heavy atom. The van der Waals surface area contributed by atoms with Gasteiger partial charge in [-0.05, 0) is 50.4 Å². The number of aromatic amines is 1. The van der Waals surface area contributed by atoms with E-state index in [2.05, 4.69) is 20.6 Å². The summed E-state index contributed by atoms with van der Waals surface area (Å²) >= 11 is 0. The lowest BCUT2D eigenvalue weighted by molar-refractivity contribution is -0.150. The Kier molecular flexibility index (Phi) is 11.3. The number of carboxylic acids is 1. The molecule has 2 aliphatic heterocycles. The molecule has 0 spiro atoms. The fraction of sp³-hybridized carbons (Fsp3) is 0.714. The van der Waals surface area contributed by atoms with Gasteiger partial charge in [0.15, 0.2) is 0 Å². The van der Waals surface area contributed by atoms with E-state index in [4.69, 9.17) is 5.73 Å². The van der Waals surface area contributed by atoms with E-state index in [0.29, 0.717) is 57.3 Å². The molecule has 41 heavy (non-hydrogen) atoms. The van der Waals surface area contributed by atoms with Crippen LogP contribution in [0.25, 0.3) is 0 Å². The number of nitrogens with zero attached hydrogens (tertiary/aromatic N) is 3. The Morgan fingerprint density at radius 2 is 1.49 bits per heavy atom. The molecule has 13 nitrogen and oxygen atoms in total. The van der Waals surface area contributed by atoms with Crippen LogP contribution in [0, 0.1) is 11.8 Å². The zero-order valence-electron chi connectivity index (χ0n) is 24.5. The standard InChI is InChI=1S/C28H45N7O6/c1-16(2)11-20(32-24(36)19(29)13-18-14-30-15-31-18)26(38)34-9-5-7-22(34)25(37)33-21(12-17(3)4)27(39)35-10-6-8-23(35)28(40)41/h14-17,19-23H,5-13,29H2,1-4H3,(H,30,31)(H,32,36)(H,33,37)(H,40,41)/t19-,20-,21-,22-,23-/m0/s1. The molecule has 0 aromatic carbocycles. The molecule has 2 saturated heterocycles. The number of hydrogen-bond acceptors (Lipinski definition) is 7. The number of nitrogens with one attached hydrogen (secondary N) is 3. The molecule has 3 heterocycles. The van der Waals surface area contributed by atoms with E-state index < -0.39 is 53.9 Å². The lowest BCUT2D eigenvalue weighted by Crippen LogP contribution is -2.58. The summed E-state index contributed by atoms with van der Waals surface area (Å²) in [5, 5.41) is 15.2. The normalized spacial score (nSPS) is 21.1. The third-order valence-electron chi connectivity index (χ3n) is 7.63. The topological polar surface area (TPSA) is 191 Å². The van der Waals surface area contributed by atoms with Crippen LogP contribution in [-0.4, -0.2) is 97.8 Å². The van der Waals surface area contributed by atoms with Crippen LogP contribution in [0.2, 0.25) is 0 Å². The third-order valence-corrected chi connectivity index (χ3v) is 7.63. The van der Waals surface area contributed by atoms with Gasteiger partial charge in [0.2, 0.25) is 23.6 Å². The Bertz CT molecular complexity index is 1080. The molecular weight excluding hydrogens is 530 g/mol. The summed E-state index contributed by atoms with van der Waals surface area (Å²) in [7, 11) is 0. The molecule has 3 rings (SSSR count). The smallest absolute Gasteiger partial charge is 0.326 e. The van der Waals surface area contributed by atoms with Crippen LogP contribution in [-0.2, 0) is 30.4 Å². The maximum atomic E-state index is 13.7. The zero-order chi connectivity index (χ0) is 30.3. The highest BCUT2D eigenvalue weighted by molar-refractivity contribution is 5.96. The summed E-state index contributed by atoms with van der Waals surface area (Å²) in [6.45, 7) is 8.40. The highest BCUT2D eigenvalue weighted by atomic mass is 16.4. The minimum Gasteiger partial charge on any atom is -0.480 e. The number of imidazole rings is 1. The first kappa shape index (κ1) is 32.0. The SMILES string of the molecule is CC(C)C[C@H](NC(=O)[C@@H]1CCCN1C(=O)[C@H](CC(C)C)NC(=O)[C@@H](N)Cc1cnc[nH]1)C(=O)N1CCC[C@H]1C(=O)O. The van der Waals surface area contributed by atoms with Crippen molar-refractivity contribution >= 4 is 29.6 Å². The van der Waals surface area contributed by atoms with E-state index in [1.165, 1.54) is 16.1 Å². The molecule has 1 aromatic rings. The molecule has 0 aliphatic carbocycles. The number of aromatic nitrogens is 2. The number of carbonyl (C=O) groups excluding carboxylic acids is 4. The molecule has 0 saturated carbocycles. The first-order valence-corrected chi connectivity index (χ1v) is 14.6. The monoisotopic (exact) mass is 575 g/mol. The van der Waals surface area contributed by atoms with Gasteiger partial charge in [0.25, 0.3) is 0 Å². The summed E-state index contributed by atoms with van der Waals surface area (Å²) in [5.41, 5.74) is 6.80. The molecule has 5 atom stereocenters. The minimum absolute atomic E-state index is 0.0630. The van der Waals surface area contributed by atoms with Crippen LogP contribution in [0.15, 0.2) is 12.5 Å². The Balaban J connectivity index is 1.71. The molecule has 6 N–H and O–H groups in total. The first-order chi connectivity index (χ1) is 19.4. The van der Waals surface area contributed by atoms with Crippen molar-refractivity contribution < 1.29 is 29.1 Å². The molecule has 0 radical (unpaired) electrons. The van der Waals surface area contributed by atoms with Gasteiger partial charge in [-0.1, -0.05) is 27.7 Å². The van der Waals surface area contributed by atoms with Crippen LogP contribution in [0.3, 0.4) is 0 Å². The summed E-state index contributed by atoms with van der Waals surface area (Å²) in [6.07, 6.45) is 6.01. The molecular formula is C28H45N7O6. The molecule has 4 amide bonds. The fourth-order valence-electron chi connectivity index (χ4n) is 5.65. The van der Waals surface area contributed by atoms with Crippen molar-refractivity contribution in [3.8, 4) is 0 Å². The van der Waals surface area contributed by atoms with Crippen molar-refractivity contribution in [3.63, 3.8) is 0 Å². The van der Waals surface area contributed by atoms with Crippen molar-refractivity contribution in [2.75, 3.05) is 13.1 Å². The van der Waals surface area contributed by atoms with Crippen molar-refractivity contribution in [2.45, 2.75) is 103 Å². The number of H-pyrrole nitrogens is 1. The summed E-state index contributed by atoms with van der Waals surface area (Å²) in [5.74, 6) is -2.61.